The van der Waals surface area contributed by atoms with E-state index in [-0.39, 0.29) is 0 Å². The van der Waals surface area contributed by atoms with Crippen molar-refractivity contribution in [2.75, 3.05) is 5.32 Å². The van der Waals surface area contributed by atoms with Gasteiger partial charge < -0.3 is 5.32 Å². The quantitative estimate of drug-likeness (QED) is 0.729. The Bertz CT molecular complexity index is 684. The van der Waals surface area contributed by atoms with Gasteiger partial charge in [-0.1, -0.05) is 19.1 Å². The summed E-state index contributed by atoms with van der Waals surface area (Å²) in [6.45, 7) is 3.89. The number of H-pyrrole nitrogens is 1. The lowest BCUT2D eigenvalue weighted by molar-refractivity contribution is 0.578. The first kappa shape index (κ1) is 13.4. The van der Waals surface area contributed by atoms with E-state index in [0.29, 0.717) is 0 Å². The van der Waals surface area contributed by atoms with Gasteiger partial charge in [-0.3, -0.25) is 9.78 Å². The Hall–Kier alpha value is -2.56. The molecular formula is C16H19N5. The van der Waals surface area contributed by atoms with Gasteiger partial charge in [0, 0.05) is 30.2 Å². The number of anilines is 1. The Morgan fingerprint density at radius 2 is 2.14 bits per heavy atom. The van der Waals surface area contributed by atoms with Crippen molar-refractivity contribution in [2.24, 2.45) is 0 Å². The highest BCUT2D eigenvalue weighted by Crippen LogP contribution is 2.20. The van der Waals surface area contributed by atoms with Crippen LogP contribution in [0.4, 0.5) is 5.69 Å². The Morgan fingerprint density at radius 3 is 2.95 bits per heavy atom. The van der Waals surface area contributed by atoms with Crippen molar-refractivity contribution in [1.29, 1.82) is 0 Å². The molecule has 0 radical (unpaired) electrons. The van der Waals surface area contributed by atoms with Crippen molar-refractivity contribution in [2.45, 2.75) is 26.4 Å². The van der Waals surface area contributed by atoms with Gasteiger partial charge >= 0.3 is 0 Å². The molecule has 0 saturated heterocycles. The Morgan fingerprint density at radius 1 is 1.19 bits per heavy atom. The Kier molecular flexibility index (Phi) is 4.00. The van der Waals surface area contributed by atoms with Crippen LogP contribution in [0.15, 0.2) is 48.8 Å². The minimum atomic E-state index is 0.770. The zero-order valence-corrected chi connectivity index (χ0v) is 12.1. The van der Waals surface area contributed by atoms with E-state index in [1.165, 1.54) is 5.69 Å². The maximum Gasteiger partial charge on any atom is 0.0650 e. The molecule has 0 saturated carbocycles. The van der Waals surface area contributed by atoms with Crippen LogP contribution >= 0.6 is 0 Å². The molecule has 3 rings (SSSR count). The maximum absolute atomic E-state index is 4.34. The number of hydrogen-bond donors (Lipinski definition) is 2. The summed E-state index contributed by atoms with van der Waals surface area (Å²) in [6, 6.07) is 12.3. The molecule has 3 aromatic rings. The van der Waals surface area contributed by atoms with Gasteiger partial charge in [0.1, 0.15) is 0 Å². The SMILES string of the molecule is CCCn1nccc1CNc1cccc(-c2ccn[nH]2)c1. The minimum absolute atomic E-state index is 0.770. The van der Waals surface area contributed by atoms with Gasteiger partial charge in [-0.15, -0.1) is 0 Å². The molecule has 0 atom stereocenters. The normalized spacial score (nSPS) is 10.7. The number of nitrogens with zero attached hydrogens (tertiary/aromatic N) is 3. The second-order valence-corrected chi connectivity index (χ2v) is 4.95. The third-order valence-electron chi connectivity index (χ3n) is 3.39. The van der Waals surface area contributed by atoms with Crippen LogP contribution in [0, 0.1) is 0 Å². The number of aromatic amines is 1. The fraction of sp³-hybridized carbons (Fsp3) is 0.250. The highest BCUT2D eigenvalue weighted by molar-refractivity contribution is 5.64. The minimum Gasteiger partial charge on any atom is -0.379 e. The number of hydrogen-bond acceptors (Lipinski definition) is 3. The van der Waals surface area contributed by atoms with Gasteiger partial charge in [0.2, 0.25) is 0 Å². The smallest absolute Gasteiger partial charge is 0.0650 e. The van der Waals surface area contributed by atoms with Gasteiger partial charge in [0.25, 0.3) is 0 Å². The molecule has 1 aromatic carbocycles. The van der Waals surface area contributed by atoms with Crippen LogP contribution in [0.1, 0.15) is 19.0 Å². The van der Waals surface area contributed by atoms with E-state index in [1.807, 2.05) is 23.0 Å². The van der Waals surface area contributed by atoms with Crippen LogP contribution in [0.25, 0.3) is 11.3 Å². The summed E-state index contributed by atoms with van der Waals surface area (Å²) in [7, 11) is 0. The average molecular weight is 281 g/mol. The molecule has 2 heterocycles. The second kappa shape index (κ2) is 6.26. The van der Waals surface area contributed by atoms with Crippen LogP contribution in [0.2, 0.25) is 0 Å². The maximum atomic E-state index is 4.34. The summed E-state index contributed by atoms with van der Waals surface area (Å²) in [5.41, 5.74) is 4.43. The van der Waals surface area contributed by atoms with Crippen molar-refractivity contribution < 1.29 is 0 Å². The van der Waals surface area contributed by atoms with E-state index < -0.39 is 0 Å². The van der Waals surface area contributed by atoms with Crippen LogP contribution in [-0.2, 0) is 13.1 Å². The van der Waals surface area contributed by atoms with E-state index >= 15 is 0 Å². The molecule has 0 bridgehead atoms. The number of aryl methyl sites for hydroxylation is 1. The van der Waals surface area contributed by atoms with Crippen LogP contribution in [-0.4, -0.2) is 20.0 Å². The first-order valence-electron chi connectivity index (χ1n) is 7.21. The number of nitrogens with one attached hydrogen (secondary N) is 2. The van der Waals surface area contributed by atoms with Gasteiger partial charge in [-0.2, -0.15) is 10.2 Å². The Labute approximate surface area is 124 Å². The number of benzene rings is 1. The first-order valence-corrected chi connectivity index (χ1v) is 7.21. The van der Waals surface area contributed by atoms with Gasteiger partial charge in [0.05, 0.1) is 17.9 Å². The van der Waals surface area contributed by atoms with Crippen LogP contribution in [0.5, 0.6) is 0 Å². The van der Waals surface area contributed by atoms with E-state index in [9.17, 15) is 0 Å². The van der Waals surface area contributed by atoms with Gasteiger partial charge in [-0.25, -0.2) is 0 Å². The predicted molar refractivity (Wildman–Crippen MR) is 83.9 cm³/mol. The van der Waals surface area contributed by atoms with Crippen molar-refractivity contribution in [3.05, 3.63) is 54.5 Å². The molecule has 21 heavy (non-hydrogen) atoms. The molecule has 2 N–H and O–H groups in total. The Balaban J connectivity index is 1.71. The summed E-state index contributed by atoms with van der Waals surface area (Å²) in [4.78, 5) is 0. The number of rotatable bonds is 6. The zero-order chi connectivity index (χ0) is 14.5. The van der Waals surface area contributed by atoms with Gasteiger partial charge in [-0.05, 0) is 30.7 Å². The number of aromatic nitrogens is 4. The fourth-order valence-electron chi connectivity index (χ4n) is 2.33. The first-order chi connectivity index (χ1) is 10.4. The summed E-state index contributed by atoms with van der Waals surface area (Å²) in [5.74, 6) is 0. The molecule has 5 nitrogen and oxygen atoms in total. The van der Waals surface area contributed by atoms with E-state index in [0.717, 1.165) is 36.5 Å². The standard InChI is InChI=1S/C16H19N5/c1-2-10-21-15(6-9-19-21)12-17-14-5-3-4-13(11-14)16-7-8-18-20-16/h3-9,11,17H,2,10,12H2,1H3,(H,18,20). The van der Waals surface area contributed by atoms with Crippen LogP contribution in [0.3, 0.4) is 0 Å². The molecule has 0 fully saturated rings. The molecule has 0 amide bonds. The largest absolute Gasteiger partial charge is 0.379 e. The van der Waals surface area contributed by atoms with Crippen molar-refractivity contribution in [3.63, 3.8) is 0 Å². The summed E-state index contributed by atoms with van der Waals surface area (Å²) in [5, 5.41) is 14.8. The monoisotopic (exact) mass is 281 g/mol. The highest BCUT2D eigenvalue weighted by Gasteiger charge is 2.03. The van der Waals surface area contributed by atoms with Gasteiger partial charge in [0.15, 0.2) is 0 Å². The molecule has 5 heteroatoms. The van der Waals surface area contributed by atoms with E-state index in [2.05, 4.69) is 51.8 Å². The molecule has 0 aliphatic heterocycles. The molecular weight excluding hydrogens is 262 g/mol. The molecule has 2 aromatic heterocycles. The van der Waals surface area contributed by atoms with E-state index in [1.54, 1.807) is 6.20 Å². The molecule has 0 aliphatic rings. The lowest BCUT2D eigenvalue weighted by Gasteiger charge is -2.10. The lowest BCUT2D eigenvalue weighted by Crippen LogP contribution is -2.08. The predicted octanol–water partition coefficient (Wildman–Crippen LogP) is 3.30. The van der Waals surface area contributed by atoms with Crippen molar-refractivity contribution >= 4 is 5.69 Å². The molecule has 0 aliphatic carbocycles. The third kappa shape index (κ3) is 3.13. The zero-order valence-electron chi connectivity index (χ0n) is 12.1. The molecule has 0 unspecified atom stereocenters. The summed E-state index contributed by atoms with van der Waals surface area (Å²) >= 11 is 0. The molecule has 0 spiro atoms. The average Bonchev–Trinajstić information content (AvgIpc) is 3.18. The van der Waals surface area contributed by atoms with Crippen molar-refractivity contribution in [3.8, 4) is 11.3 Å². The highest BCUT2D eigenvalue weighted by atomic mass is 15.3. The molecule has 108 valence electrons. The topological polar surface area (TPSA) is 58.5 Å². The second-order valence-electron chi connectivity index (χ2n) is 4.95. The van der Waals surface area contributed by atoms with Crippen molar-refractivity contribution in [1.82, 2.24) is 20.0 Å². The third-order valence-corrected chi connectivity index (χ3v) is 3.39. The van der Waals surface area contributed by atoms with Crippen LogP contribution < -0.4 is 5.32 Å². The summed E-state index contributed by atoms with van der Waals surface area (Å²) in [6.07, 6.45) is 4.70. The lowest BCUT2D eigenvalue weighted by atomic mass is 10.1. The van der Waals surface area contributed by atoms with E-state index in [4.69, 9.17) is 0 Å². The fourth-order valence-corrected chi connectivity index (χ4v) is 2.33. The summed E-state index contributed by atoms with van der Waals surface area (Å²) < 4.78 is 2.05.